The summed E-state index contributed by atoms with van der Waals surface area (Å²) < 4.78 is 16.3. The number of hydrogen-bond acceptors (Lipinski definition) is 5. The van der Waals surface area contributed by atoms with Gasteiger partial charge in [0.2, 0.25) is 5.78 Å². The molecular weight excluding hydrogens is 427 g/mol. The van der Waals surface area contributed by atoms with Crippen molar-refractivity contribution in [2.24, 2.45) is 0 Å². The van der Waals surface area contributed by atoms with Crippen molar-refractivity contribution in [3.05, 3.63) is 93.2 Å². The van der Waals surface area contributed by atoms with Crippen molar-refractivity contribution in [2.45, 2.75) is 0 Å². The number of allylic oxidation sites excluding steroid dienone is 1. The van der Waals surface area contributed by atoms with Crippen LogP contribution in [0.15, 0.2) is 66.4 Å². The second-order valence-corrected chi connectivity index (χ2v) is 7.14. The van der Waals surface area contributed by atoms with Crippen molar-refractivity contribution >= 4 is 41.0 Å². The number of fused-ring (bicyclic) bond motifs is 1. The van der Waals surface area contributed by atoms with E-state index in [0.29, 0.717) is 26.9 Å². The second kappa shape index (κ2) is 8.22. The largest absolute Gasteiger partial charge is 0.496 e. The number of halogens is 2. The number of methoxy groups -OCH3 is 1. The Bertz CT molecular complexity index is 1180. The molecule has 5 nitrogen and oxygen atoms in total. The van der Waals surface area contributed by atoms with Crippen LogP contribution in [0.25, 0.3) is 6.08 Å². The number of benzene rings is 3. The summed E-state index contributed by atoms with van der Waals surface area (Å²) in [6.07, 6.45) is 1.49. The van der Waals surface area contributed by atoms with Gasteiger partial charge in [-0.05, 0) is 42.5 Å². The Hall–Kier alpha value is -3.28. The SMILES string of the molecule is COc1ccccc1C(=O)Oc1ccc2c(c1)OC(=Cc1c(Cl)cccc1Cl)C2=O. The molecule has 0 unspecified atom stereocenters. The van der Waals surface area contributed by atoms with Crippen LogP contribution in [0.4, 0.5) is 0 Å². The third-order valence-corrected chi connectivity index (χ3v) is 5.11. The number of carbonyl (C=O) groups is 2. The van der Waals surface area contributed by atoms with Gasteiger partial charge in [0.1, 0.15) is 22.8 Å². The van der Waals surface area contributed by atoms with Crippen LogP contribution < -0.4 is 14.2 Å². The molecule has 1 heterocycles. The monoisotopic (exact) mass is 440 g/mol. The van der Waals surface area contributed by atoms with E-state index in [-0.39, 0.29) is 28.6 Å². The van der Waals surface area contributed by atoms with Gasteiger partial charge in [-0.15, -0.1) is 0 Å². The lowest BCUT2D eigenvalue weighted by Gasteiger charge is -2.08. The van der Waals surface area contributed by atoms with Gasteiger partial charge in [-0.2, -0.15) is 0 Å². The van der Waals surface area contributed by atoms with E-state index >= 15 is 0 Å². The molecule has 0 fully saturated rings. The summed E-state index contributed by atoms with van der Waals surface area (Å²) in [6, 6.07) is 16.3. The van der Waals surface area contributed by atoms with E-state index in [2.05, 4.69) is 0 Å². The van der Waals surface area contributed by atoms with Crippen LogP contribution in [-0.4, -0.2) is 18.9 Å². The summed E-state index contributed by atoms with van der Waals surface area (Å²) in [6.45, 7) is 0. The van der Waals surface area contributed by atoms with Crippen molar-refractivity contribution in [1.29, 1.82) is 0 Å². The molecule has 0 atom stereocenters. The quantitative estimate of drug-likeness (QED) is 0.289. The smallest absolute Gasteiger partial charge is 0.347 e. The number of esters is 1. The van der Waals surface area contributed by atoms with Gasteiger partial charge >= 0.3 is 5.97 Å². The molecule has 0 spiro atoms. The van der Waals surface area contributed by atoms with Gasteiger partial charge in [0.05, 0.1) is 12.7 Å². The van der Waals surface area contributed by atoms with E-state index in [9.17, 15) is 9.59 Å². The van der Waals surface area contributed by atoms with E-state index in [4.69, 9.17) is 37.4 Å². The molecular formula is C23H14Cl2O5. The zero-order chi connectivity index (χ0) is 21.3. The second-order valence-electron chi connectivity index (χ2n) is 6.32. The number of para-hydroxylation sites is 1. The van der Waals surface area contributed by atoms with Gasteiger partial charge in [0, 0.05) is 21.7 Å². The molecule has 1 aliphatic heterocycles. The van der Waals surface area contributed by atoms with Crippen molar-refractivity contribution in [3.63, 3.8) is 0 Å². The summed E-state index contributed by atoms with van der Waals surface area (Å²) in [5.41, 5.74) is 1.12. The van der Waals surface area contributed by atoms with Crippen molar-refractivity contribution in [3.8, 4) is 17.2 Å². The maximum absolute atomic E-state index is 12.7. The predicted octanol–water partition coefficient (Wildman–Crippen LogP) is 5.84. The molecule has 0 saturated carbocycles. The van der Waals surface area contributed by atoms with Crippen LogP contribution in [0.5, 0.6) is 17.2 Å². The third kappa shape index (κ3) is 3.77. The maximum Gasteiger partial charge on any atom is 0.347 e. The lowest BCUT2D eigenvalue weighted by molar-refractivity contribution is 0.0731. The number of hydrogen-bond donors (Lipinski definition) is 0. The molecule has 150 valence electrons. The lowest BCUT2D eigenvalue weighted by Crippen LogP contribution is -2.10. The third-order valence-electron chi connectivity index (χ3n) is 4.45. The molecule has 0 aliphatic carbocycles. The fourth-order valence-corrected chi connectivity index (χ4v) is 3.49. The molecule has 0 aromatic heterocycles. The average Bonchev–Trinajstić information content (AvgIpc) is 3.05. The summed E-state index contributed by atoms with van der Waals surface area (Å²) in [5.74, 6) is 0.0818. The minimum Gasteiger partial charge on any atom is -0.496 e. The first kappa shape index (κ1) is 20.0. The number of ketones is 1. The fourth-order valence-electron chi connectivity index (χ4n) is 2.99. The van der Waals surface area contributed by atoms with Crippen molar-refractivity contribution < 1.29 is 23.8 Å². The lowest BCUT2D eigenvalue weighted by atomic mass is 10.1. The Labute approximate surface area is 182 Å². The Morgan fingerprint density at radius 3 is 2.47 bits per heavy atom. The van der Waals surface area contributed by atoms with E-state index in [1.165, 1.54) is 31.4 Å². The van der Waals surface area contributed by atoms with Crippen LogP contribution in [0, 0.1) is 0 Å². The molecule has 0 bridgehead atoms. The molecule has 1 aliphatic rings. The highest BCUT2D eigenvalue weighted by Gasteiger charge is 2.28. The molecule has 0 radical (unpaired) electrons. The van der Waals surface area contributed by atoms with E-state index in [1.54, 1.807) is 42.5 Å². The Kier molecular flexibility index (Phi) is 5.48. The van der Waals surface area contributed by atoms with E-state index < -0.39 is 5.97 Å². The predicted molar refractivity (Wildman–Crippen MR) is 114 cm³/mol. The minimum absolute atomic E-state index is 0.0770. The first-order valence-electron chi connectivity index (χ1n) is 8.85. The van der Waals surface area contributed by atoms with Crippen LogP contribution in [0.2, 0.25) is 10.0 Å². The van der Waals surface area contributed by atoms with Crippen LogP contribution >= 0.6 is 23.2 Å². The molecule has 3 aromatic rings. The molecule has 0 amide bonds. The summed E-state index contributed by atoms with van der Waals surface area (Å²) in [5, 5.41) is 0.794. The van der Waals surface area contributed by atoms with Gasteiger partial charge in [-0.1, -0.05) is 41.4 Å². The molecule has 4 rings (SSSR count). The zero-order valence-electron chi connectivity index (χ0n) is 15.6. The minimum atomic E-state index is -0.588. The van der Waals surface area contributed by atoms with Gasteiger partial charge in [0.15, 0.2) is 5.76 Å². The van der Waals surface area contributed by atoms with Gasteiger partial charge in [0.25, 0.3) is 0 Å². The number of Topliss-reactive ketones (excluding diaryl/α,β-unsaturated/α-hetero) is 1. The van der Waals surface area contributed by atoms with Gasteiger partial charge < -0.3 is 14.2 Å². The fraction of sp³-hybridized carbons (Fsp3) is 0.0435. The van der Waals surface area contributed by atoms with E-state index in [1.807, 2.05) is 0 Å². The first-order chi connectivity index (χ1) is 14.5. The highest BCUT2D eigenvalue weighted by molar-refractivity contribution is 6.37. The summed E-state index contributed by atoms with van der Waals surface area (Å²) in [4.78, 5) is 25.1. The number of ether oxygens (including phenoxy) is 3. The number of rotatable bonds is 4. The number of carbonyl (C=O) groups excluding carboxylic acids is 2. The van der Waals surface area contributed by atoms with Crippen molar-refractivity contribution in [2.75, 3.05) is 7.11 Å². The molecule has 30 heavy (non-hydrogen) atoms. The van der Waals surface area contributed by atoms with Gasteiger partial charge in [-0.25, -0.2) is 4.79 Å². The highest BCUT2D eigenvalue weighted by atomic mass is 35.5. The normalized spacial score (nSPS) is 13.7. The Balaban J connectivity index is 1.59. The topological polar surface area (TPSA) is 61.8 Å². The molecule has 0 saturated heterocycles. The molecule has 7 heteroatoms. The Morgan fingerprint density at radius 2 is 1.73 bits per heavy atom. The molecule has 3 aromatic carbocycles. The summed E-state index contributed by atoms with van der Waals surface area (Å²) >= 11 is 12.3. The van der Waals surface area contributed by atoms with Crippen LogP contribution in [0.1, 0.15) is 26.3 Å². The first-order valence-corrected chi connectivity index (χ1v) is 9.61. The standard InChI is InChI=1S/C23H14Cl2O5/c1-28-19-8-3-2-5-15(19)23(27)29-13-9-10-14-20(11-13)30-21(22(14)26)12-16-17(24)6-4-7-18(16)25/h2-12H,1H3. The average molecular weight is 441 g/mol. The van der Waals surface area contributed by atoms with Crippen LogP contribution in [-0.2, 0) is 0 Å². The summed E-state index contributed by atoms with van der Waals surface area (Å²) in [7, 11) is 1.47. The van der Waals surface area contributed by atoms with Crippen molar-refractivity contribution in [1.82, 2.24) is 0 Å². The highest BCUT2D eigenvalue weighted by Crippen LogP contribution is 2.37. The van der Waals surface area contributed by atoms with Gasteiger partial charge in [-0.3, -0.25) is 4.79 Å². The van der Waals surface area contributed by atoms with Crippen LogP contribution in [0.3, 0.4) is 0 Å². The molecule has 0 N–H and O–H groups in total. The maximum atomic E-state index is 12.7. The van der Waals surface area contributed by atoms with E-state index in [0.717, 1.165) is 0 Å². The Morgan fingerprint density at radius 1 is 1.00 bits per heavy atom. The zero-order valence-corrected chi connectivity index (χ0v) is 17.2.